The van der Waals surface area contributed by atoms with Crippen LogP contribution in [0, 0.1) is 23.7 Å². The zero-order valence-corrected chi connectivity index (χ0v) is 18.9. The Bertz CT molecular complexity index is 511. The molecule has 0 bridgehead atoms. The summed E-state index contributed by atoms with van der Waals surface area (Å²) in [5, 5.41) is 0. The first-order valence-corrected chi connectivity index (χ1v) is 12.9. The minimum Gasteiger partial charge on any atom is -0.0654 e. The molecule has 0 aliphatic heterocycles. The Morgan fingerprint density at radius 1 is 0.571 bits per heavy atom. The summed E-state index contributed by atoms with van der Waals surface area (Å²) in [5.41, 5.74) is 3.10. The summed E-state index contributed by atoms with van der Waals surface area (Å²) in [5.74, 6) is 4.21. The molecule has 1 aromatic rings. The lowest BCUT2D eigenvalue weighted by atomic mass is 9.68. The van der Waals surface area contributed by atoms with Crippen molar-refractivity contribution in [2.45, 2.75) is 117 Å². The topological polar surface area (TPSA) is 0 Å². The monoisotopic (exact) mass is 382 g/mol. The molecule has 0 nitrogen and oxygen atoms in total. The average Bonchev–Trinajstić information content (AvgIpc) is 2.75. The van der Waals surface area contributed by atoms with Crippen molar-refractivity contribution in [1.82, 2.24) is 0 Å². The van der Waals surface area contributed by atoms with E-state index >= 15 is 0 Å². The van der Waals surface area contributed by atoms with Crippen molar-refractivity contribution in [3.8, 4) is 0 Å². The molecule has 2 aliphatic rings. The van der Waals surface area contributed by atoms with Gasteiger partial charge in [-0.1, -0.05) is 89.5 Å². The van der Waals surface area contributed by atoms with Gasteiger partial charge in [0.15, 0.2) is 0 Å². The summed E-state index contributed by atoms with van der Waals surface area (Å²) in [7, 11) is 0. The molecule has 3 rings (SSSR count). The Hall–Kier alpha value is -0.780. The van der Waals surface area contributed by atoms with Gasteiger partial charge in [-0.25, -0.2) is 0 Å². The minimum absolute atomic E-state index is 0.997. The summed E-state index contributed by atoms with van der Waals surface area (Å²) in [6.45, 7) is 4.64. The number of hydrogen-bond donors (Lipinski definition) is 0. The number of benzene rings is 1. The molecule has 158 valence electrons. The van der Waals surface area contributed by atoms with Gasteiger partial charge in [-0.05, 0) is 86.2 Å². The van der Waals surface area contributed by atoms with Crippen LogP contribution in [0.15, 0.2) is 24.3 Å². The molecule has 0 heteroatoms. The van der Waals surface area contributed by atoms with Crippen LogP contribution in [0.2, 0.25) is 0 Å². The first-order valence-electron chi connectivity index (χ1n) is 12.9. The van der Waals surface area contributed by atoms with Gasteiger partial charge in [0.05, 0.1) is 0 Å². The Morgan fingerprint density at radius 3 is 1.57 bits per heavy atom. The molecule has 0 radical (unpaired) electrons. The highest BCUT2D eigenvalue weighted by Crippen LogP contribution is 2.42. The minimum atomic E-state index is 0.997. The van der Waals surface area contributed by atoms with Crippen molar-refractivity contribution >= 4 is 0 Å². The van der Waals surface area contributed by atoms with E-state index in [2.05, 4.69) is 38.1 Å². The van der Waals surface area contributed by atoms with E-state index in [-0.39, 0.29) is 0 Å². The van der Waals surface area contributed by atoms with Crippen LogP contribution in [0.1, 0.15) is 115 Å². The third-order valence-electron chi connectivity index (χ3n) is 8.08. The molecular weight excluding hydrogens is 336 g/mol. The lowest BCUT2D eigenvalue weighted by molar-refractivity contribution is 0.141. The molecular formula is C28H46. The van der Waals surface area contributed by atoms with E-state index in [1.54, 1.807) is 18.4 Å². The zero-order valence-electron chi connectivity index (χ0n) is 18.9. The third-order valence-corrected chi connectivity index (χ3v) is 8.08. The summed E-state index contributed by atoms with van der Waals surface area (Å²) < 4.78 is 0. The third kappa shape index (κ3) is 6.93. The second-order valence-corrected chi connectivity index (χ2v) is 10.2. The van der Waals surface area contributed by atoms with Gasteiger partial charge in [0.2, 0.25) is 0 Å². The molecule has 1 aromatic carbocycles. The lowest BCUT2D eigenvalue weighted by Gasteiger charge is -2.38. The molecule has 0 unspecified atom stereocenters. The summed E-state index contributed by atoms with van der Waals surface area (Å²) in [6.07, 6.45) is 23.1. The van der Waals surface area contributed by atoms with Crippen molar-refractivity contribution in [3.63, 3.8) is 0 Å². The van der Waals surface area contributed by atoms with Gasteiger partial charge in [0.1, 0.15) is 0 Å². The van der Waals surface area contributed by atoms with Crippen LogP contribution in [-0.4, -0.2) is 0 Å². The first kappa shape index (κ1) is 21.9. The second-order valence-electron chi connectivity index (χ2n) is 10.2. The molecule has 2 fully saturated rings. The van der Waals surface area contributed by atoms with Gasteiger partial charge >= 0.3 is 0 Å². The quantitative estimate of drug-likeness (QED) is 0.355. The summed E-state index contributed by atoms with van der Waals surface area (Å²) >= 11 is 0. The van der Waals surface area contributed by atoms with Crippen molar-refractivity contribution in [2.24, 2.45) is 23.7 Å². The Morgan fingerprint density at radius 2 is 1.07 bits per heavy atom. The fourth-order valence-electron chi connectivity index (χ4n) is 6.13. The van der Waals surface area contributed by atoms with Crippen molar-refractivity contribution in [3.05, 3.63) is 35.4 Å². The maximum atomic E-state index is 2.40. The summed E-state index contributed by atoms with van der Waals surface area (Å²) in [4.78, 5) is 0. The van der Waals surface area contributed by atoms with E-state index < -0.39 is 0 Å². The maximum Gasteiger partial charge on any atom is -0.0276 e. The molecule has 0 aromatic heterocycles. The standard InChI is InChI=1S/C28H46/c1-3-5-6-8-24-9-11-25(12-10-24)13-14-26-17-21-28(22-18-26)27-19-15-23(7-4-2)16-20-27/h9-12,23,26-28H,3-8,13-22H2,1-2H3. The fourth-order valence-corrected chi connectivity index (χ4v) is 6.13. The highest BCUT2D eigenvalue weighted by atomic mass is 14.4. The van der Waals surface area contributed by atoms with Crippen LogP contribution in [-0.2, 0) is 12.8 Å². The molecule has 0 saturated heterocycles. The predicted molar refractivity (Wildman–Crippen MR) is 124 cm³/mol. The van der Waals surface area contributed by atoms with Crippen LogP contribution in [0.3, 0.4) is 0 Å². The van der Waals surface area contributed by atoms with Gasteiger partial charge in [0.25, 0.3) is 0 Å². The predicted octanol–water partition coefficient (Wildman–Crippen LogP) is 8.76. The zero-order chi connectivity index (χ0) is 19.6. The molecule has 0 amide bonds. The largest absolute Gasteiger partial charge is 0.0654 e. The smallest absolute Gasteiger partial charge is 0.0276 e. The molecule has 0 atom stereocenters. The van der Waals surface area contributed by atoms with Gasteiger partial charge in [0, 0.05) is 0 Å². The van der Waals surface area contributed by atoms with Gasteiger partial charge in [-0.2, -0.15) is 0 Å². The molecule has 2 saturated carbocycles. The van der Waals surface area contributed by atoms with Crippen LogP contribution < -0.4 is 0 Å². The van der Waals surface area contributed by atoms with E-state index in [1.807, 2.05) is 0 Å². The first-order chi connectivity index (χ1) is 13.8. The maximum absolute atomic E-state index is 2.40. The number of unbranched alkanes of at least 4 members (excludes halogenated alkanes) is 2. The van der Waals surface area contributed by atoms with Gasteiger partial charge in [-0.15, -0.1) is 0 Å². The van der Waals surface area contributed by atoms with Crippen LogP contribution in [0.25, 0.3) is 0 Å². The Balaban J connectivity index is 1.32. The van der Waals surface area contributed by atoms with Crippen LogP contribution >= 0.6 is 0 Å². The highest BCUT2D eigenvalue weighted by molar-refractivity contribution is 5.22. The van der Waals surface area contributed by atoms with E-state index in [0.717, 1.165) is 23.7 Å². The molecule has 0 spiro atoms. The van der Waals surface area contributed by atoms with Crippen molar-refractivity contribution in [2.75, 3.05) is 0 Å². The molecule has 0 N–H and O–H groups in total. The molecule has 2 aliphatic carbocycles. The Labute approximate surface area is 175 Å². The number of rotatable bonds is 10. The summed E-state index contributed by atoms with van der Waals surface area (Å²) in [6, 6.07) is 9.58. The van der Waals surface area contributed by atoms with E-state index in [1.165, 1.54) is 95.5 Å². The normalized spacial score (nSPS) is 28.4. The molecule has 0 heterocycles. The van der Waals surface area contributed by atoms with Crippen molar-refractivity contribution < 1.29 is 0 Å². The fraction of sp³-hybridized carbons (Fsp3) is 0.786. The molecule has 28 heavy (non-hydrogen) atoms. The van der Waals surface area contributed by atoms with E-state index in [4.69, 9.17) is 0 Å². The van der Waals surface area contributed by atoms with E-state index in [0.29, 0.717) is 0 Å². The van der Waals surface area contributed by atoms with Gasteiger partial charge in [-0.3, -0.25) is 0 Å². The van der Waals surface area contributed by atoms with E-state index in [9.17, 15) is 0 Å². The van der Waals surface area contributed by atoms with Crippen LogP contribution in [0.4, 0.5) is 0 Å². The highest BCUT2D eigenvalue weighted by Gasteiger charge is 2.30. The number of aryl methyl sites for hydroxylation is 2. The van der Waals surface area contributed by atoms with Crippen LogP contribution in [0.5, 0.6) is 0 Å². The number of hydrogen-bond acceptors (Lipinski definition) is 0. The van der Waals surface area contributed by atoms with Gasteiger partial charge < -0.3 is 0 Å². The van der Waals surface area contributed by atoms with Crippen molar-refractivity contribution in [1.29, 1.82) is 0 Å². The average molecular weight is 383 g/mol. The second kappa shape index (κ2) is 12.0. The SMILES string of the molecule is CCCCCc1ccc(CCC2CCC(C3CCC(CCC)CC3)CC2)cc1. The lowest BCUT2D eigenvalue weighted by Crippen LogP contribution is -2.26. The Kier molecular flexibility index (Phi) is 9.42.